The number of aromatic amines is 2. The van der Waals surface area contributed by atoms with Gasteiger partial charge in [-0.15, -0.1) is 0 Å². The summed E-state index contributed by atoms with van der Waals surface area (Å²) >= 11 is 0. The Bertz CT molecular complexity index is 1280. The predicted molar refractivity (Wildman–Crippen MR) is 109 cm³/mol. The van der Waals surface area contributed by atoms with E-state index in [1.165, 1.54) is 6.33 Å². The number of aromatic nitrogens is 6. The highest BCUT2D eigenvalue weighted by Crippen LogP contribution is 2.32. The molecule has 0 radical (unpaired) electrons. The molecule has 3 heterocycles. The highest BCUT2D eigenvalue weighted by molar-refractivity contribution is 5.96. The second kappa shape index (κ2) is 7.01. The van der Waals surface area contributed by atoms with Crippen molar-refractivity contribution in [3.05, 3.63) is 73.3 Å². The van der Waals surface area contributed by atoms with Crippen molar-refractivity contribution in [1.29, 1.82) is 0 Å². The lowest BCUT2D eigenvalue weighted by Crippen LogP contribution is -2.14. The minimum atomic E-state index is 0.691. The lowest BCUT2D eigenvalue weighted by atomic mass is 10.0. The first-order chi connectivity index (χ1) is 14.3. The molecule has 5 rings (SSSR count). The third-order valence-corrected chi connectivity index (χ3v) is 4.68. The van der Waals surface area contributed by atoms with Gasteiger partial charge in [0.25, 0.3) is 0 Å². The van der Waals surface area contributed by atoms with Gasteiger partial charge in [0.2, 0.25) is 6.41 Å². The molecule has 0 bridgehead atoms. The number of nitrogens with zero attached hydrogens (tertiary/aromatic N) is 5. The monoisotopic (exact) mass is 381 g/mol. The van der Waals surface area contributed by atoms with Crippen molar-refractivity contribution in [3.8, 4) is 22.6 Å². The van der Waals surface area contributed by atoms with Crippen molar-refractivity contribution in [1.82, 2.24) is 30.4 Å². The van der Waals surface area contributed by atoms with Crippen molar-refractivity contribution in [2.45, 2.75) is 0 Å². The summed E-state index contributed by atoms with van der Waals surface area (Å²) in [5.74, 6) is 0.691. The van der Waals surface area contributed by atoms with Crippen molar-refractivity contribution >= 4 is 28.7 Å². The number of hydrogen-bond acceptors (Lipinski definition) is 5. The van der Waals surface area contributed by atoms with Crippen LogP contribution in [-0.4, -0.2) is 36.8 Å². The van der Waals surface area contributed by atoms with Crippen molar-refractivity contribution in [2.75, 3.05) is 4.90 Å². The Labute approximate surface area is 165 Å². The fraction of sp³-hybridized carbons (Fsp3) is 0. The molecular weight excluding hydrogens is 366 g/mol. The van der Waals surface area contributed by atoms with E-state index in [1.54, 1.807) is 23.4 Å². The van der Waals surface area contributed by atoms with Gasteiger partial charge in [-0.1, -0.05) is 12.1 Å². The Morgan fingerprint density at radius 1 is 0.931 bits per heavy atom. The summed E-state index contributed by atoms with van der Waals surface area (Å²) in [5.41, 5.74) is 4.93. The summed E-state index contributed by atoms with van der Waals surface area (Å²) in [4.78, 5) is 21.6. The number of anilines is 2. The Morgan fingerprint density at radius 3 is 2.66 bits per heavy atom. The summed E-state index contributed by atoms with van der Waals surface area (Å²) in [5, 5.41) is 15.3. The number of H-pyrrole nitrogens is 2. The first-order valence-corrected chi connectivity index (χ1v) is 8.92. The van der Waals surface area contributed by atoms with Gasteiger partial charge in [0.1, 0.15) is 6.33 Å². The van der Waals surface area contributed by atoms with Gasteiger partial charge >= 0.3 is 0 Å². The second-order valence-electron chi connectivity index (χ2n) is 6.40. The molecule has 0 aliphatic heterocycles. The number of pyridine rings is 1. The van der Waals surface area contributed by atoms with Crippen LogP contribution < -0.4 is 4.90 Å². The van der Waals surface area contributed by atoms with Crippen LogP contribution in [0.2, 0.25) is 0 Å². The largest absolute Gasteiger partial charge is 0.282 e. The van der Waals surface area contributed by atoms with Gasteiger partial charge in [0, 0.05) is 28.4 Å². The van der Waals surface area contributed by atoms with Crippen LogP contribution in [0.5, 0.6) is 0 Å². The van der Waals surface area contributed by atoms with E-state index in [4.69, 9.17) is 0 Å². The SMILES string of the molecule is O=CN(c1cccnc1)c1cccc(-c2n[nH]c3ccc(-c4ncn[nH]4)cc23)c1. The smallest absolute Gasteiger partial charge is 0.218 e. The van der Waals surface area contributed by atoms with Gasteiger partial charge in [-0.2, -0.15) is 10.2 Å². The maximum absolute atomic E-state index is 11.8. The van der Waals surface area contributed by atoms with Crippen LogP contribution in [0.1, 0.15) is 0 Å². The molecule has 0 saturated carbocycles. The molecule has 0 spiro atoms. The zero-order valence-corrected chi connectivity index (χ0v) is 15.1. The van der Waals surface area contributed by atoms with Crippen LogP contribution in [-0.2, 0) is 4.79 Å². The molecule has 1 amide bonds. The molecule has 0 atom stereocenters. The van der Waals surface area contributed by atoms with E-state index in [-0.39, 0.29) is 0 Å². The third-order valence-electron chi connectivity index (χ3n) is 4.68. The maximum Gasteiger partial charge on any atom is 0.218 e. The lowest BCUT2D eigenvalue weighted by Gasteiger charge is -2.17. The maximum atomic E-state index is 11.8. The molecule has 0 unspecified atom stereocenters. The number of rotatable bonds is 5. The van der Waals surface area contributed by atoms with Gasteiger partial charge in [-0.25, -0.2) is 4.98 Å². The average Bonchev–Trinajstić information content (AvgIpc) is 3.45. The number of hydrogen-bond donors (Lipinski definition) is 2. The molecule has 3 aromatic heterocycles. The fourth-order valence-electron chi connectivity index (χ4n) is 3.30. The molecule has 29 heavy (non-hydrogen) atoms. The molecule has 2 aromatic carbocycles. The van der Waals surface area contributed by atoms with Crippen LogP contribution in [0.3, 0.4) is 0 Å². The predicted octanol–water partition coefficient (Wildman–Crippen LogP) is 3.70. The van der Waals surface area contributed by atoms with Gasteiger partial charge in [-0.05, 0) is 42.5 Å². The van der Waals surface area contributed by atoms with E-state index < -0.39 is 0 Å². The molecule has 140 valence electrons. The third kappa shape index (κ3) is 3.02. The van der Waals surface area contributed by atoms with Gasteiger partial charge in [-0.3, -0.25) is 24.9 Å². The molecule has 8 nitrogen and oxygen atoms in total. The Kier molecular flexibility index (Phi) is 4.06. The first-order valence-electron chi connectivity index (χ1n) is 8.92. The summed E-state index contributed by atoms with van der Waals surface area (Å²) in [6.07, 6.45) is 5.58. The molecule has 8 heteroatoms. The second-order valence-corrected chi connectivity index (χ2v) is 6.40. The summed E-state index contributed by atoms with van der Waals surface area (Å²) in [6, 6.07) is 17.2. The van der Waals surface area contributed by atoms with Crippen LogP contribution in [0, 0.1) is 0 Å². The Hall–Kier alpha value is -4.33. The minimum Gasteiger partial charge on any atom is -0.282 e. The highest BCUT2D eigenvalue weighted by atomic mass is 16.1. The Balaban J connectivity index is 1.60. The molecule has 2 N–H and O–H groups in total. The van der Waals surface area contributed by atoms with Gasteiger partial charge in [0.15, 0.2) is 5.82 Å². The van der Waals surface area contributed by atoms with E-state index in [2.05, 4.69) is 30.4 Å². The zero-order chi connectivity index (χ0) is 19.6. The number of carbonyl (C=O) groups excluding carboxylic acids is 1. The summed E-state index contributed by atoms with van der Waals surface area (Å²) < 4.78 is 0. The summed E-state index contributed by atoms with van der Waals surface area (Å²) in [6.45, 7) is 0. The molecule has 0 fully saturated rings. The standard InChI is InChI=1S/C21H15N7O/c29-13-28(17-5-2-8-22-11-17)16-4-1-3-14(9-16)20-18-10-15(21-23-12-24-27-21)6-7-19(18)25-26-20/h1-13H,(H,25,26)(H,23,24,27). The minimum absolute atomic E-state index is 0.691. The number of amides is 1. The molecular formula is C21H15N7O. The molecule has 0 saturated heterocycles. The average molecular weight is 381 g/mol. The van der Waals surface area contributed by atoms with Crippen molar-refractivity contribution < 1.29 is 4.79 Å². The number of nitrogens with one attached hydrogen (secondary N) is 2. The topological polar surface area (TPSA) is 103 Å². The van der Waals surface area contributed by atoms with E-state index >= 15 is 0 Å². The van der Waals surface area contributed by atoms with Gasteiger partial charge < -0.3 is 0 Å². The molecule has 0 aliphatic carbocycles. The quantitative estimate of drug-likeness (QED) is 0.452. The van der Waals surface area contributed by atoms with Crippen LogP contribution >= 0.6 is 0 Å². The van der Waals surface area contributed by atoms with Crippen molar-refractivity contribution in [2.24, 2.45) is 0 Å². The van der Waals surface area contributed by atoms with Crippen LogP contribution in [0.15, 0.2) is 73.3 Å². The lowest BCUT2D eigenvalue weighted by molar-refractivity contribution is -0.106. The fourth-order valence-corrected chi connectivity index (χ4v) is 3.30. The van der Waals surface area contributed by atoms with Crippen LogP contribution in [0.25, 0.3) is 33.5 Å². The first kappa shape index (κ1) is 16.8. The normalized spacial score (nSPS) is 10.9. The van der Waals surface area contributed by atoms with Crippen LogP contribution in [0.4, 0.5) is 11.4 Å². The van der Waals surface area contributed by atoms with E-state index in [0.717, 1.165) is 39.8 Å². The van der Waals surface area contributed by atoms with E-state index in [1.807, 2.05) is 48.5 Å². The molecule has 0 aliphatic rings. The van der Waals surface area contributed by atoms with E-state index in [9.17, 15) is 4.79 Å². The van der Waals surface area contributed by atoms with Gasteiger partial charge in [0.05, 0.1) is 23.1 Å². The molecule has 5 aromatic rings. The zero-order valence-electron chi connectivity index (χ0n) is 15.1. The summed E-state index contributed by atoms with van der Waals surface area (Å²) in [7, 11) is 0. The number of carbonyl (C=O) groups is 1. The number of benzene rings is 2. The van der Waals surface area contributed by atoms with E-state index in [0.29, 0.717) is 11.5 Å². The Morgan fingerprint density at radius 2 is 1.86 bits per heavy atom. The number of fused-ring (bicyclic) bond motifs is 1. The highest BCUT2D eigenvalue weighted by Gasteiger charge is 2.14. The van der Waals surface area contributed by atoms with Crippen molar-refractivity contribution in [3.63, 3.8) is 0 Å².